The fourth-order valence-electron chi connectivity index (χ4n) is 2.02. The van der Waals surface area contributed by atoms with E-state index in [0.29, 0.717) is 29.0 Å². The van der Waals surface area contributed by atoms with Gasteiger partial charge in [-0.25, -0.2) is 9.18 Å². The van der Waals surface area contributed by atoms with E-state index in [-0.39, 0.29) is 24.6 Å². The lowest BCUT2D eigenvalue weighted by atomic mass is 10.1. The summed E-state index contributed by atoms with van der Waals surface area (Å²) in [7, 11) is 0. The van der Waals surface area contributed by atoms with E-state index in [1.54, 1.807) is 13.8 Å². The fourth-order valence-corrected chi connectivity index (χ4v) is 2.02. The highest BCUT2D eigenvalue weighted by Gasteiger charge is 2.18. The maximum Gasteiger partial charge on any atom is 0.343 e. The number of ketones is 1. The molecule has 0 aliphatic heterocycles. The molecule has 0 unspecified atom stereocenters. The van der Waals surface area contributed by atoms with Gasteiger partial charge in [-0.2, -0.15) is 0 Å². The van der Waals surface area contributed by atoms with Gasteiger partial charge in [0.1, 0.15) is 17.1 Å². The standard InChI is InChI=1S/C16H16FNO4/c1-10-15(11(2)22-18-10)16(20)21-9-3-4-14(19)12-5-7-13(17)8-6-12/h5-8H,3-4,9H2,1-2H3. The number of benzene rings is 1. The van der Waals surface area contributed by atoms with Crippen LogP contribution in [0.2, 0.25) is 0 Å². The van der Waals surface area contributed by atoms with Gasteiger partial charge in [-0.05, 0) is 44.5 Å². The molecule has 0 bridgehead atoms. The first-order valence-electron chi connectivity index (χ1n) is 6.88. The number of hydrogen-bond acceptors (Lipinski definition) is 5. The lowest BCUT2D eigenvalue weighted by Gasteiger charge is -2.04. The zero-order valence-electron chi connectivity index (χ0n) is 12.4. The highest BCUT2D eigenvalue weighted by atomic mass is 19.1. The zero-order valence-corrected chi connectivity index (χ0v) is 12.4. The van der Waals surface area contributed by atoms with Crippen LogP contribution in [0.25, 0.3) is 0 Å². The molecule has 1 aromatic heterocycles. The van der Waals surface area contributed by atoms with Gasteiger partial charge in [0.05, 0.1) is 12.3 Å². The number of aryl methyl sites for hydroxylation is 2. The Morgan fingerprint density at radius 3 is 2.50 bits per heavy atom. The summed E-state index contributed by atoms with van der Waals surface area (Å²) in [6.07, 6.45) is 0.617. The molecule has 0 fully saturated rings. The Bertz CT molecular complexity index is 656. The summed E-state index contributed by atoms with van der Waals surface area (Å²) in [5, 5.41) is 3.68. The molecule has 0 saturated heterocycles. The molecule has 0 N–H and O–H groups in total. The SMILES string of the molecule is Cc1noc(C)c1C(=O)OCCCC(=O)c1ccc(F)cc1. The molecule has 0 radical (unpaired) electrons. The molecule has 0 atom stereocenters. The summed E-state index contributed by atoms with van der Waals surface area (Å²) in [5.74, 6) is -0.603. The van der Waals surface area contributed by atoms with Crippen molar-refractivity contribution in [1.82, 2.24) is 5.16 Å². The van der Waals surface area contributed by atoms with E-state index in [0.717, 1.165) is 0 Å². The van der Waals surface area contributed by atoms with Crippen LogP contribution < -0.4 is 0 Å². The van der Waals surface area contributed by atoms with Crippen LogP contribution in [-0.4, -0.2) is 23.5 Å². The normalized spacial score (nSPS) is 10.5. The number of ether oxygens (including phenoxy) is 1. The first-order chi connectivity index (χ1) is 10.5. The number of esters is 1. The van der Waals surface area contributed by atoms with E-state index in [9.17, 15) is 14.0 Å². The Labute approximate surface area is 127 Å². The number of carbonyl (C=O) groups is 2. The van der Waals surface area contributed by atoms with Crippen LogP contribution in [0.1, 0.15) is 45.0 Å². The summed E-state index contributed by atoms with van der Waals surface area (Å²) < 4.78 is 22.8. The summed E-state index contributed by atoms with van der Waals surface area (Å²) in [6.45, 7) is 3.41. The van der Waals surface area contributed by atoms with E-state index in [1.807, 2.05) is 0 Å². The minimum atomic E-state index is -0.509. The summed E-state index contributed by atoms with van der Waals surface area (Å²) >= 11 is 0. The topological polar surface area (TPSA) is 69.4 Å². The molecular weight excluding hydrogens is 289 g/mol. The van der Waals surface area contributed by atoms with Crippen LogP contribution in [0, 0.1) is 19.7 Å². The van der Waals surface area contributed by atoms with Crippen LogP contribution >= 0.6 is 0 Å². The third kappa shape index (κ3) is 3.78. The molecule has 22 heavy (non-hydrogen) atoms. The van der Waals surface area contributed by atoms with Gasteiger partial charge in [0.2, 0.25) is 0 Å². The van der Waals surface area contributed by atoms with E-state index >= 15 is 0 Å². The summed E-state index contributed by atoms with van der Waals surface area (Å²) in [6, 6.07) is 5.36. The van der Waals surface area contributed by atoms with Crippen LogP contribution in [0.4, 0.5) is 4.39 Å². The molecule has 0 aliphatic rings. The average molecular weight is 305 g/mol. The number of nitrogens with zero attached hydrogens (tertiary/aromatic N) is 1. The Hall–Kier alpha value is -2.50. The minimum absolute atomic E-state index is 0.117. The van der Waals surface area contributed by atoms with E-state index in [1.165, 1.54) is 24.3 Å². The molecule has 0 saturated carbocycles. The highest BCUT2D eigenvalue weighted by molar-refractivity contribution is 5.96. The van der Waals surface area contributed by atoms with Gasteiger partial charge in [-0.15, -0.1) is 0 Å². The molecule has 0 spiro atoms. The maximum absolute atomic E-state index is 12.8. The molecule has 6 heteroatoms. The average Bonchev–Trinajstić information content (AvgIpc) is 2.83. The quantitative estimate of drug-likeness (QED) is 0.465. The van der Waals surface area contributed by atoms with E-state index in [4.69, 9.17) is 9.26 Å². The third-order valence-corrected chi connectivity index (χ3v) is 3.19. The van der Waals surface area contributed by atoms with Gasteiger partial charge in [0.25, 0.3) is 0 Å². The van der Waals surface area contributed by atoms with Crippen LogP contribution in [-0.2, 0) is 4.74 Å². The number of Topliss-reactive ketones (excluding diaryl/α,β-unsaturated/α-hetero) is 1. The third-order valence-electron chi connectivity index (χ3n) is 3.19. The number of carbonyl (C=O) groups excluding carboxylic acids is 2. The molecule has 1 aromatic carbocycles. The Kier molecular flexibility index (Phi) is 5.04. The summed E-state index contributed by atoms with van der Waals surface area (Å²) in [4.78, 5) is 23.7. The van der Waals surface area contributed by atoms with Crippen LogP contribution in [0.3, 0.4) is 0 Å². The lowest BCUT2D eigenvalue weighted by molar-refractivity contribution is 0.0491. The monoisotopic (exact) mass is 305 g/mol. The smallest absolute Gasteiger partial charge is 0.343 e. The molecule has 1 heterocycles. The zero-order chi connectivity index (χ0) is 16.1. The number of rotatable bonds is 6. The molecule has 2 rings (SSSR count). The van der Waals surface area contributed by atoms with Gasteiger partial charge in [0, 0.05) is 12.0 Å². The van der Waals surface area contributed by atoms with Gasteiger partial charge in [-0.3, -0.25) is 4.79 Å². The van der Waals surface area contributed by atoms with Gasteiger partial charge < -0.3 is 9.26 Å². The Morgan fingerprint density at radius 1 is 1.23 bits per heavy atom. The van der Waals surface area contributed by atoms with E-state index < -0.39 is 5.97 Å². The first-order valence-corrected chi connectivity index (χ1v) is 6.88. The van der Waals surface area contributed by atoms with Crippen LogP contribution in [0.15, 0.2) is 28.8 Å². The van der Waals surface area contributed by atoms with Crippen molar-refractivity contribution in [2.75, 3.05) is 6.61 Å². The highest BCUT2D eigenvalue weighted by Crippen LogP contribution is 2.14. The minimum Gasteiger partial charge on any atom is -0.462 e. The Balaban J connectivity index is 1.78. The largest absolute Gasteiger partial charge is 0.462 e. The second-order valence-corrected chi connectivity index (χ2v) is 4.87. The molecule has 116 valence electrons. The van der Waals surface area contributed by atoms with Crippen molar-refractivity contribution < 1.29 is 23.2 Å². The van der Waals surface area contributed by atoms with Gasteiger partial charge in [-0.1, -0.05) is 5.16 Å². The van der Waals surface area contributed by atoms with Crippen molar-refractivity contribution in [2.24, 2.45) is 0 Å². The second kappa shape index (κ2) is 6.98. The van der Waals surface area contributed by atoms with Gasteiger partial charge >= 0.3 is 5.97 Å². The van der Waals surface area contributed by atoms with Crippen molar-refractivity contribution >= 4 is 11.8 Å². The van der Waals surface area contributed by atoms with Crippen molar-refractivity contribution in [3.8, 4) is 0 Å². The number of aromatic nitrogens is 1. The summed E-state index contributed by atoms with van der Waals surface area (Å²) in [5.41, 5.74) is 1.24. The second-order valence-electron chi connectivity index (χ2n) is 4.87. The Morgan fingerprint density at radius 2 is 1.91 bits per heavy atom. The predicted molar refractivity (Wildman–Crippen MR) is 76.2 cm³/mol. The van der Waals surface area contributed by atoms with Crippen molar-refractivity contribution in [2.45, 2.75) is 26.7 Å². The van der Waals surface area contributed by atoms with Gasteiger partial charge in [0.15, 0.2) is 5.78 Å². The van der Waals surface area contributed by atoms with Crippen LogP contribution in [0.5, 0.6) is 0 Å². The first kappa shape index (κ1) is 15.9. The van der Waals surface area contributed by atoms with Crippen molar-refractivity contribution in [3.05, 3.63) is 52.7 Å². The van der Waals surface area contributed by atoms with Crippen molar-refractivity contribution in [3.63, 3.8) is 0 Å². The molecule has 2 aromatic rings. The molecular formula is C16H16FNO4. The number of halogens is 1. The molecule has 0 amide bonds. The lowest BCUT2D eigenvalue weighted by Crippen LogP contribution is -2.09. The predicted octanol–water partition coefficient (Wildman–Crippen LogP) is 3.25. The fraction of sp³-hybridized carbons (Fsp3) is 0.312. The molecule has 0 aliphatic carbocycles. The maximum atomic E-state index is 12.8. The van der Waals surface area contributed by atoms with Crippen molar-refractivity contribution in [1.29, 1.82) is 0 Å². The number of hydrogen-bond donors (Lipinski definition) is 0. The molecule has 5 nitrogen and oxygen atoms in total. The van der Waals surface area contributed by atoms with E-state index in [2.05, 4.69) is 5.16 Å².